The number of halogens is 2. The van der Waals surface area contributed by atoms with E-state index in [4.69, 9.17) is 42.1 Å². The van der Waals surface area contributed by atoms with Crippen molar-refractivity contribution >= 4 is 102 Å². The maximum Gasteiger partial charge on any atom is 0.435 e. The lowest BCUT2D eigenvalue weighted by Crippen LogP contribution is -2.34. The number of carbonyl (C=O) groups excluding carboxylic acids is 2. The van der Waals surface area contributed by atoms with Gasteiger partial charge in [0.05, 0.1) is 83.4 Å². The molecule has 2 saturated heterocycles. The highest BCUT2D eigenvalue weighted by atomic mass is 35.5. The smallest absolute Gasteiger partial charge is 0.435 e. The number of aromatic nitrogens is 12. The third kappa shape index (κ3) is 10.4. The fraction of sp³-hybridized carbons (Fsp3) is 0.269. The van der Waals surface area contributed by atoms with Gasteiger partial charge >= 0.3 is 12.2 Å². The van der Waals surface area contributed by atoms with Gasteiger partial charge in [-0.3, -0.25) is 5.10 Å². The van der Waals surface area contributed by atoms with Crippen LogP contribution in [0.15, 0.2) is 110 Å². The molecule has 4 aromatic carbocycles. The zero-order chi connectivity index (χ0) is 52.9. The molecule has 10 aromatic rings. The molecule has 388 valence electrons. The molecule has 2 aliphatic rings. The van der Waals surface area contributed by atoms with E-state index in [1.807, 2.05) is 67.1 Å². The molecule has 0 spiro atoms. The van der Waals surface area contributed by atoms with Gasteiger partial charge in [0.15, 0.2) is 0 Å². The Balaban J connectivity index is 0.000000173. The molecule has 0 atom stereocenters. The number of amides is 1. The summed E-state index contributed by atoms with van der Waals surface area (Å²) in [5.41, 5.74) is 4.59. The monoisotopic (exact) mass is 1100 g/mol. The predicted octanol–water partition coefficient (Wildman–Crippen LogP) is 12.4. The van der Waals surface area contributed by atoms with Crippen LogP contribution in [-0.4, -0.2) is 109 Å². The van der Waals surface area contributed by atoms with Crippen molar-refractivity contribution < 1.29 is 28.5 Å². The van der Waals surface area contributed by atoms with Crippen molar-refractivity contribution in [2.75, 3.05) is 36.6 Å². The highest BCUT2D eigenvalue weighted by Gasteiger charge is 2.32. The summed E-state index contributed by atoms with van der Waals surface area (Å²) in [4.78, 5) is 36.9. The number of benzene rings is 4. The van der Waals surface area contributed by atoms with Gasteiger partial charge in [-0.25, -0.2) is 24.5 Å². The number of imidazole rings is 2. The van der Waals surface area contributed by atoms with E-state index in [1.165, 1.54) is 33.8 Å². The Morgan fingerprint density at radius 3 is 1.92 bits per heavy atom. The van der Waals surface area contributed by atoms with Crippen molar-refractivity contribution in [3.63, 3.8) is 0 Å². The van der Waals surface area contributed by atoms with Crippen molar-refractivity contribution in [1.29, 1.82) is 0 Å². The second kappa shape index (κ2) is 20.5. The van der Waals surface area contributed by atoms with Crippen molar-refractivity contribution in [2.45, 2.75) is 64.8 Å². The molecule has 0 bridgehead atoms. The molecule has 2 fully saturated rings. The molecule has 2 N–H and O–H groups in total. The van der Waals surface area contributed by atoms with E-state index >= 15 is 0 Å². The lowest BCUT2D eigenvalue weighted by Gasteiger charge is -2.28. The first kappa shape index (κ1) is 50.6. The van der Waals surface area contributed by atoms with Crippen LogP contribution in [-0.2, 0) is 18.9 Å². The number of hydrogen-bond donors (Lipinski definition) is 2. The van der Waals surface area contributed by atoms with Gasteiger partial charge in [0.1, 0.15) is 32.9 Å². The van der Waals surface area contributed by atoms with Gasteiger partial charge < -0.3 is 33.4 Å². The normalized spacial score (nSPS) is 14.0. The molecule has 0 unspecified atom stereocenters. The van der Waals surface area contributed by atoms with E-state index in [0.29, 0.717) is 51.0 Å². The molecule has 0 radical (unpaired) electrons. The Morgan fingerprint density at radius 2 is 1.32 bits per heavy atom. The van der Waals surface area contributed by atoms with Gasteiger partial charge in [-0.2, -0.15) is 14.9 Å². The average molecular weight is 1100 g/mol. The van der Waals surface area contributed by atoms with Gasteiger partial charge in [0, 0.05) is 57.8 Å². The van der Waals surface area contributed by atoms with Crippen molar-refractivity contribution in [3.05, 3.63) is 120 Å². The van der Waals surface area contributed by atoms with Crippen LogP contribution in [0.5, 0.6) is 0 Å². The SMILES string of the molecule is CC(C)(C)OC(=O)N(c1nnc(-c2cccc(-c3nccn3C3COC3)c2)s1)c1ccc2c(cnn2C(=O)OC(C)(C)C)c1Cl.Clc1c(Nc2nnc(-c3cccc(-c4nccn4C4COC4)c3)s2)ccc2[nH]ncc12. The summed E-state index contributed by atoms with van der Waals surface area (Å²) in [7, 11) is 0. The predicted molar refractivity (Wildman–Crippen MR) is 292 cm³/mol. The van der Waals surface area contributed by atoms with Gasteiger partial charge in [-0.1, -0.05) is 82.3 Å². The van der Waals surface area contributed by atoms with Crippen LogP contribution in [0.1, 0.15) is 53.6 Å². The Morgan fingerprint density at radius 1 is 0.711 bits per heavy atom. The van der Waals surface area contributed by atoms with Gasteiger partial charge in [0.25, 0.3) is 0 Å². The molecule has 8 heterocycles. The van der Waals surface area contributed by atoms with E-state index in [1.54, 1.807) is 66.1 Å². The first-order valence-electron chi connectivity index (χ1n) is 24.0. The Kier molecular flexibility index (Phi) is 13.6. The fourth-order valence-electron chi connectivity index (χ4n) is 8.29. The van der Waals surface area contributed by atoms with Gasteiger partial charge in [0.2, 0.25) is 10.3 Å². The minimum Gasteiger partial charge on any atom is -0.443 e. The highest BCUT2D eigenvalue weighted by Crippen LogP contribution is 2.42. The molecular weight excluding hydrogens is 1050 g/mol. The minimum atomic E-state index is -0.803. The van der Waals surface area contributed by atoms with E-state index in [2.05, 4.69) is 72.2 Å². The van der Waals surface area contributed by atoms with Crippen LogP contribution in [0.25, 0.3) is 65.7 Å². The number of nitrogens with zero attached hydrogens (tertiary/aromatic N) is 12. The Labute approximate surface area is 452 Å². The van der Waals surface area contributed by atoms with Gasteiger partial charge in [-0.05, 0) is 77.9 Å². The molecule has 1 amide bonds. The Hall–Kier alpha value is -7.60. The van der Waals surface area contributed by atoms with Crippen LogP contribution in [0.2, 0.25) is 10.0 Å². The number of anilines is 4. The second-order valence-corrected chi connectivity index (χ2v) is 22.4. The third-order valence-electron chi connectivity index (χ3n) is 12.0. The number of nitrogens with one attached hydrogen (secondary N) is 2. The van der Waals surface area contributed by atoms with Crippen LogP contribution < -0.4 is 10.2 Å². The summed E-state index contributed by atoms with van der Waals surface area (Å²) in [6.07, 6.45) is 9.38. The molecule has 0 aliphatic carbocycles. The van der Waals surface area contributed by atoms with E-state index in [-0.39, 0.29) is 16.2 Å². The zero-order valence-electron chi connectivity index (χ0n) is 41.8. The Bertz CT molecular complexity index is 3770. The summed E-state index contributed by atoms with van der Waals surface area (Å²) in [5, 5.41) is 36.3. The maximum absolute atomic E-state index is 13.7. The summed E-state index contributed by atoms with van der Waals surface area (Å²) >= 11 is 16.1. The fourth-order valence-corrected chi connectivity index (χ4v) is 10.4. The molecule has 6 aromatic heterocycles. The lowest BCUT2D eigenvalue weighted by atomic mass is 10.1. The number of H-pyrrole nitrogens is 1. The number of ether oxygens (including phenoxy) is 4. The topological polar surface area (TPSA) is 220 Å². The number of fused-ring (bicyclic) bond motifs is 2. The van der Waals surface area contributed by atoms with Crippen molar-refractivity contribution in [3.8, 4) is 43.9 Å². The van der Waals surface area contributed by atoms with E-state index < -0.39 is 23.4 Å². The van der Waals surface area contributed by atoms with Crippen LogP contribution in [0.4, 0.5) is 31.2 Å². The van der Waals surface area contributed by atoms with Crippen LogP contribution in [0.3, 0.4) is 0 Å². The molecule has 20 nitrogen and oxygen atoms in total. The largest absolute Gasteiger partial charge is 0.443 e. The van der Waals surface area contributed by atoms with Gasteiger partial charge in [-0.15, -0.1) is 20.4 Å². The maximum atomic E-state index is 13.7. The van der Waals surface area contributed by atoms with Crippen molar-refractivity contribution in [1.82, 2.24) is 59.5 Å². The molecule has 0 saturated carbocycles. The number of hydrogen-bond acceptors (Lipinski definition) is 17. The summed E-state index contributed by atoms with van der Waals surface area (Å²) in [5.74, 6) is 1.76. The molecule has 76 heavy (non-hydrogen) atoms. The van der Waals surface area contributed by atoms with Crippen LogP contribution in [0, 0.1) is 0 Å². The second-order valence-electron chi connectivity index (χ2n) is 19.7. The molecular formula is C52H48Cl2N14O6S2. The third-order valence-corrected chi connectivity index (χ3v) is 14.6. The summed E-state index contributed by atoms with van der Waals surface area (Å²) < 4.78 is 27.4. The van der Waals surface area contributed by atoms with Crippen LogP contribution >= 0.6 is 45.9 Å². The van der Waals surface area contributed by atoms with E-state index in [9.17, 15) is 9.59 Å². The molecule has 2 aliphatic heterocycles. The molecule has 24 heteroatoms. The average Bonchev–Trinajstić information content (AvgIpc) is 4.22. The lowest BCUT2D eigenvalue weighted by molar-refractivity contribution is -0.0226. The first-order valence-corrected chi connectivity index (χ1v) is 26.4. The number of aromatic amines is 1. The number of carbonyl (C=O) groups is 2. The van der Waals surface area contributed by atoms with E-state index in [0.717, 1.165) is 73.4 Å². The number of rotatable bonds is 10. The standard InChI is InChI=1S/C31H32ClN7O5S.C21H16ClN7OS/c1-30(2,3)43-28(40)38(23-11-10-22-21(24(23)32)15-34-39(22)29(41)44-31(4,5)6)27-36-35-26(45-27)19-9-7-8-18(14-19)25-33-12-13-37(25)20-16-42-17-20;22-18-15-9-24-26-16(15)4-5-17(18)25-21-28-27-20(31-21)13-3-1-2-12(8-13)19-23-6-7-29(19)14-10-30-11-14/h7-15,20H,16-17H2,1-6H3;1-9,14H,10-11H2,(H,24,26)(H,25,28). The zero-order valence-corrected chi connectivity index (χ0v) is 44.9. The summed E-state index contributed by atoms with van der Waals surface area (Å²) in [6.45, 7) is 13.4. The minimum absolute atomic E-state index is 0.179. The summed E-state index contributed by atoms with van der Waals surface area (Å²) in [6, 6.07) is 23.7. The highest BCUT2D eigenvalue weighted by molar-refractivity contribution is 7.19. The van der Waals surface area contributed by atoms with Crippen molar-refractivity contribution in [2.24, 2.45) is 0 Å². The first-order chi connectivity index (χ1) is 36.5. The molecule has 12 rings (SSSR count). The quantitative estimate of drug-likeness (QED) is 0.130.